The third-order valence-corrected chi connectivity index (χ3v) is 4.36. The van der Waals surface area contributed by atoms with Crippen molar-refractivity contribution in [2.75, 3.05) is 0 Å². The van der Waals surface area contributed by atoms with Crippen LogP contribution in [0.3, 0.4) is 0 Å². The van der Waals surface area contributed by atoms with E-state index < -0.39 is 0 Å². The lowest BCUT2D eigenvalue weighted by atomic mass is 9.88. The fourth-order valence-corrected chi connectivity index (χ4v) is 3.03. The van der Waals surface area contributed by atoms with Gasteiger partial charge in [0.1, 0.15) is 17.3 Å². The molecule has 1 atom stereocenters. The summed E-state index contributed by atoms with van der Waals surface area (Å²) in [5.74, 6) is 0.879. The minimum absolute atomic E-state index is 0.0890. The van der Waals surface area contributed by atoms with E-state index in [2.05, 4.69) is 5.32 Å². The third kappa shape index (κ3) is 5.46. The minimum atomic E-state index is -0.301. The van der Waals surface area contributed by atoms with Gasteiger partial charge in [-0.3, -0.25) is 4.79 Å². The van der Waals surface area contributed by atoms with Gasteiger partial charge in [-0.2, -0.15) is 0 Å². The lowest BCUT2D eigenvalue weighted by molar-refractivity contribution is -0.121. The lowest BCUT2D eigenvalue weighted by Crippen LogP contribution is -2.24. The summed E-state index contributed by atoms with van der Waals surface area (Å²) in [6.07, 6.45) is 1.91. The van der Waals surface area contributed by atoms with Crippen LogP contribution in [0.2, 0.25) is 0 Å². The second-order valence-corrected chi connectivity index (χ2v) is 6.90. The molecule has 1 heterocycles. The second-order valence-electron chi connectivity index (χ2n) is 6.90. The van der Waals surface area contributed by atoms with Crippen LogP contribution in [0.25, 0.3) is 0 Å². The van der Waals surface area contributed by atoms with E-state index in [0.29, 0.717) is 12.3 Å². The Morgan fingerprint density at radius 3 is 2.25 bits per heavy atom. The van der Waals surface area contributed by atoms with Gasteiger partial charge >= 0.3 is 0 Å². The van der Waals surface area contributed by atoms with E-state index in [9.17, 15) is 9.18 Å². The summed E-state index contributed by atoms with van der Waals surface area (Å²) in [4.78, 5) is 12.5. The molecule has 146 valence electrons. The number of furan rings is 1. The maximum atomic E-state index is 13.4. The van der Waals surface area contributed by atoms with Crippen molar-refractivity contribution in [3.05, 3.63) is 89.6 Å². The molecule has 0 bridgehead atoms. The van der Waals surface area contributed by atoms with Gasteiger partial charge in [0, 0.05) is 12.3 Å². The zero-order valence-corrected chi connectivity index (χ0v) is 16.0. The number of hydrogen-bond acceptors (Lipinski definition) is 3. The first-order valence-corrected chi connectivity index (χ1v) is 9.32. The molecule has 1 N–H and O–H groups in total. The molecule has 0 saturated heterocycles. The number of hydrogen-bond donors (Lipinski definition) is 1. The van der Waals surface area contributed by atoms with Gasteiger partial charge in [-0.25, -0.2) is 4.39 Å². The van der Waals surface area contributed by atoms with E-state index in [1.165, 1.54) is 12.1 Å². The maximum absolute atomic E-state index is 13.4. The molecule has 1 unspecified atom stereocenters. The first-order chi connectivity index (χ1) is 13.5. The predicted octanol–water partition coefficient (Wildman–Crippen LogP) is 5.04. The Hall–Kier alpha value is -3.08. The molecule has 0 aliphatic heterocycles. The smallest absolute Gasteiger partial charge is 0.221 e. The van der Waals surface area contributed by atoms with Crippen LogP contribution >= 0.6 is 0 Å². The minimum Gasteiger partial charge on any atom is -0.491 e. The molecule has 0 fully saturated rings. The zero-order valence-electron chi connectivity index (χ0n) is 16.0. The fraction of sp³-hybridized carbons (Fsp3) is 0.261. The van der Waals surface area contributed by atoms with Crippen molar-refractivity contribution in [2.45, 2.75) is 38.8 Å². The normalized spacial score (nSPS) is 12.0. The number of benzene rings is 2. The van der Waals surface area contributed by atoms with Gasteiger partial charge in [0.2, 0.25) is 5.91 Å². The van der Waals surface area contributed by atoms with Crippen molar-refractivity contribution in [1.82, 2.24) is 5.32 Å². The van der Waals surface area contributed by atoms with Crippen molar-refractivity contribution in [2.24, 2.45) is 0 Å². The maximum Gasteiger partial charge on any atom is 0.221 e. The number of carbonyl (C=O) groups excluding carboxylic acids is 1. The number of halogens is 1. The summed E-state index contributed by atoms with van der Waals surface area (Å²) in [7, 11) is 0. The SMILES string of the molecule is CC(C)Oc1ccc(C(CC(=O)NCc2ccco2)c2ccc(F)cc2)cc1. The van der Waals surface area contributed by atoms with Crippen LogP contribution < -0.4 is 10.1 Å². The van der Waals surface area contributed by atoms with Crippen LogP contribution in [0, 0.1) is 5.82 Å². The van der Waals surface area contributed by atoms with Crippen molar-refractivity contribution < 1.29 is 18.3 Å². The molecule has 0 spiro atoms. The van der Waals surface area contributed by atoms with Crippen molar-refractivity contribution >= 4 is 5.91 Å². The van der Waals surface area contributed by atoms with Crippen LogP contribution in [-0.4, -0.2) is 12.0 Å². The van der Waals surface area contributed by atoms with Gasteiger partial charge in [-0.15, -0.1) is 0 Å². The molecule has 1 aromatic heterocycles. The van der Waals surface area contributed by atoms with E-state index in [0.717, 1.165) is 16.9 Å². The Morgan fingerprint density at radius 2 is 1.68 bits per heavy atom. The summed E-state index contributed by atoms with van der Waals surface area (Å²) in [6.45, 7) is 4.28. The van der Waals surface area contributed by atoms with E-state index in [4.69, 9.17) is 9.15 Å². The lowest BCUT2D eigenvalue weighted by Gasteiger charge is -2.19. The highest BCUT2D eigenvalue weighted by Crippen LogP contribution is 2.30. The Balaban J connectivity index is 1.76. The van der Waals surface area contributed by atoms with Crippen molar-refractivity contribution in [3.63, 3.8) is 0 Å². The molecule has 3 rings (SSSR count). The predicted molar refractivity (Wildman–Crippen MR) is 106 cm³/mol. The number of nitrogens with one attached hydrogen (secondary N) is 1. The highest BCUT2D eigenvalue weighted by Gasteiger charge is 2.19. The van der Waals surface area contributed by atoms with Gasteiger partial charge in [-0.05, 0) is 61.4 Å². The molecule has 0 radical (unpaired) electrons. The monoisotopic (exact) mass is 381 g/mol. The molecule has 0 aliphatic carbocycles. The van der Waals surface area contributed by atoms with E-state index in [1.807, 2.05) is 44.2 Å². The number of ether oxygens (including phenoxy) is 1. The van der Waals surface area contributed by atoms with E-state index >= 15 is 0 Å². The van der Waals surface area contributed by atoms with Crippen molar-refractivity contribution in [1.29, 1.82) is 0 Å². The van der Waals surface area contributed by atoms with Crippen LogP contribution in [0.4, 0.5) is 4.39 Å². The van der Waals surface area contributed by atoms with Crippen LogP contribution in [0.1, 0.15) is 43.1 Å². The first kappa shape index (κ1) is 19.7. The quantitative estimate of drug-likeness (QED) is 0.594. The average molecular weight is 381 g/mol. The molecule has 3 aromatic rings. The molecule has 1 amide bonds. The summed E-state index contributed by atoms with van der Waals surface area (Å²) in [5.41, 5.74) is 1.85. The highest BCUT2D eigenvalue weighted by molar-refractivity contribution is 5.77. The number of carbonyl (C=O) groups is 1. The van der Waals surface area contributed by atoms with Gasteiger partial charge in [0.05, 0.1) is 18.9 Å². The summed E-state index contributed by atoms with van der Waals surface area (Å²) in [6, 6.07) is 17.6. The molecule has 0 aliphatic rings. The molecule has 28 heavy (non-hydrogen) atoms. The Morgan fingerprint density at radius 1 is 1.04 bits per heavy atom. The average Bonchev–Trinajstić information content (AvgIpc) is 3.19. The second kappa shape index (κ2) is 9.22. The summed E-state index contributed by atoms with van der Waals surface area (Å²) >= 11 is 0. The Labute approximate surface area is 164 Å². The number of rotatable bonds is 8. The van der Waals surface area contributed by atoms with Gasteiger partial charge in [-0.1, -0.05) is 24.3 Å². The summed E-state index contributed by atoms with van der Waals surface area (Å²) < 4.78 is 24.3. The molecule has 2 aromatic carbocycles. The van der Waals surface area contributed by atoms with Crippen molar-refractivity contribution in [3.8, 4) is 5.75 Å². The van der Waals surface area contributed by atoms with Gasteiger partial charge in [0.25, 0.3) is 0 Å². The van der Waals surface area contributed by atoms with E-state index in [-0.39, 0.29) is 30.2 Å². The molecule has 5 heteroatoms. The first-order valence-electron chi connectivity index (χ1n) is 9.32. The standard InChI is InChI=1S/C23H24FNO3/c1-16(2)28-20-11-7-18(8-12-20)22(17-5-9-19(24)10-6-17)14-23(26)25-15-21-4-3-13-27-21/h3-13,16,22H,14-15H2,1-2H3,(H,25,26). The van der Waals surface area contributed by atoms with Crippen LogP contribution in [-0.2, 0) is 11.3 Å². The van der Waals surface area contributed by atoms with Gasteiger partial charge in [0.15, 0.2) is 0 Å². The van der Waals surface area contributed by atoms with Gasteiger partial charge < -0.3 is 14.5 Å². The zero-order chi connectivity index (χ0) is 19.9. The molecule has 4 nitrogen and oxygen atoms in total. The molecular weight excluding hydrogens is 357 g/mol. The van der Waals surface area contributed by atoms with Crippen LogP contribution in [0.5, 0.6) is 5.75 Å². The topological polar surface area (TPSA) is 51.5 Å². The molecule has 0 saturated carbocycles. The third-order valence-electron chi connectivity index (χ3n) is 4.36. The highest BCUT2D eigenvalue weighted by atomic mass is 19.1. The summed E-state index contributed by atoms with van der Waals surface area (Å²) in [5, 5.41) is 2.87. The molecular formula is C23H24FNO3. The Kier molecular flexibility index (Phi) is 6.48. The largest absolute Gasteiger partial charge is 0.491 e. The fourth-order valence-electron chi connectivity index (χ4n) is 3.03. The van der Waals surface area contributed by atoms with E-state index in [1.54, 1.807) is 24.5 Å². The van der Waals surface area contributed by atoms with Crippen LogP contribution in [0.15, 0.2) is 71.3 Å². The Bertz CT molecular complexity index is 871. The number of amides is 1.